The van der Waals surface area contributed by atoms with Gasteiger partial charge in [-0.2, -0.15) is 0 Å². The molecule has 1 aliphatic rings. The van der Waals surface area contributed by atoms with E-state index in [2.05, 4.69) is 58.2 Å². The number of halogens is 1. The highest BCUT2D eigenvalue weighted by atomic mass is 79.9. The molecule has 21 heavy (non-hydrogen) atoms. The summed E-state index contributed by atoms with van der Waals surface area (Å²) in [6.07, 6.45) is 5.28. The third-order valence-corrected chi connectivity index (χ3v) is 5.19. The molecule has 0 amide bonds. The van der Waals surface area contributed by atoms with Gasteiger partial charge in [0.05, 0.1) is 0 Å². The summed E-state index contributed by atoms with van der Waals surface area (Å²) in [6, 6.07) is 6.84. The Kier molecular flexibility index (Phi) is 7.21. The predicted molar refractivity (Wildman–Crippen MR) is 94.4 cm³/mol. The number of benzene rings is 1. The lowest BCUT2D eigenvalue weighted by molar-refractivity contribution is 0.164. The van der Waals surface area contributed by atoms with Crippen molar-refractivity contribution in [1.29, 1.82) is 0 Å². The van der Waals surface area contributed by atoms with Crippen molar-refractivity contribution in [2.45, 2.75) is 52.6 Å². The largest absolute Gasteiger partial charge is 0.313 e. The summed E-state index contributed by atoms with van der Waals surface area (Å²) in [4.78, 5) is 2.62. The van der Waals surface area contributed by atoms with Crippen LogP contribution in [0.1, 0.15) is 50.7 Å². The Hall–Kier alpha value is -0.380. The van der Waals surface area contributed by atoms with E-state index < -0.39 is 0 Å². The quantitative estimate of drug-likeness (QED) is 0.723. The molecular formula is C18H29BrN2. The minimum Gasteiger partial charge on any atom is -0.313 e. The molecule has 1 aromatic rings. The highest BCUT2D eigenvalue weighted by Gasteiger charge is 2.19. The Bertz CT molecular complexity index is 433. The van der Waals surface area contributed by atoms with E-state index in [9.17, 15) is 0 Å². The van der Waals surface area contributed by atoms with Crippen molar-refractivity contribution in [2.24, 2.45) is 5.92 Å². The second-order valence-electron chi connectivity index (χ2n) is 6.25. The highest BCUT2D eigenvalue weighted by Crippen LogP contribution is 2.24. The molecule has 0 radical (unpaired) electrons. The summed E-state index contributed by atoms with van der Waals surface area (Å²) < 4.78 is 1.26. The average Bonchev–Trinajstić information content (AvgIpc) is 2.50. The van der Waals surface area contributed by atoms with E-state index in [1.807, 2.05) is 0 Å². The Morgan fingerprint density at radius 3 is 2.90 bits per heavy atom. The zero-order valence-corrected chi connectivity index (χ0v) is 15.1. The zero-order chi connectivity index (χ0) is 15.1. The van der Waals surface area contributed by atoms with Gasteiger partial charge in [0, 0.05) is 24.1 Å². The van der Waals surface area contributed by atoms with E-state index in [1.54, 1.807) is 0 Å². The summed E-state index contributed by atoms with van der Waals surface area (Å²) in [5.41, 5.74) is 2.79. The molecule has 1 fully saturated rings. The number of nitrogens with one attached hydrogen (secondary N) is 1. The molecule has 3 heteroatoms. The Morgan fingerprint density at radius 1 is 1.33 bits per heavy atom. The number of likely N-dealkylation sites (tertiary alicyclic amines) is 1. The van der Waals surface area contributed by atoms with E-state index in [0.717, 1.165) is 25.6 Å². The van der Waals surface area contributed by atoms with Crippen LogP contribution in [-0.4, -0.2) is 24.5 Å². The number of hydrogen-bond acceptors (Lipinski definition) is 2. The van der Waals surface area contributed by atoms with E-state index in [0.29, 0.717) is 0 Å². The maximum Gasteiger partial charge on any atom is 0.0245 e. The molecule has 1 saturated heterocycles. The van der Waals surface area contributed by atoms with Gasteiger partial charge in [-0.05, 0) is 55.5 Å². The number of hydrogen-bond donors (Lipinski definition) is 1. The molecule has 1 aliphatic heterocycles. The van der Waals surface area contributed by atoms with Gasteiger partial charge in [0.25, 0.3) is 0 Å². The Balaban J connectivity index is 1.91. The minimum absolute atomic E-state index is 0.898. The molecule has 0 aliphatic carbocycles. The van der Waals surface area contributed by atoms with Gasteiger partial charge in [0.15, 0.2) is 0 Å². The van der Waals surface area contributed by atoms with Crippen LogP contribution in [0, 0.1) is 5.92 Å². The second-order valence-corrected chi connectivity index (χ2v) is 7.11. The third kappa shape index (κ3) is 5.39. The van der Waals surface area contributed by atoms with E-state index >= 15 is 0 Å². The maximum absolute atomic E-state index is 3.76. The lowest BCUT2D eigenvalue weighted by Gasteiger charge is -2.32. The second kappa shape index (κ2) is 8.92. The summed E-state index contributed by atoms with van der Waals surface area (Å²) in [5.74, 6) is 0.898. The van der Waals surface area contributed by atoms with Crippen LogP contribution in [-0.2, 0) is 13.1 Å². The minimum atomic E-state index is 0.898. The fourth-order valence-corrected chi connectivity index (χ4v) is 3.66. The number of piperidine rings is 1. The van der Waals surface area contributed by atoms with Crippen LogP contribution in [0.4, 0.5) is 0 Å². The summed E-state index contributed by atoms with van der Waals surface area (Å²) in [6.45, 7) is 10.2. The topological polar surface area (TPSA) is 15.3 Å². The van der Waals surface area contributed by atoms with Gasteiger partial charge < -0.3 is 5.32 Å². The maximum atomic E-state index is 3.76. The first-order valence-electron chi connectivity index (χ1n) is 8.43. The lowest BCUT2D eigenvalue weighted by Crippen LogP contribution is -2.34. The van der Waals surface area contributed by atoms with Crippen molar-refractivity contribution in [3.63, 3.8) is 0 Å². The fraction of sp³-hybridized carbons (Fsp3) is 0.667. The van der Waals surface area contributed by atoms with Crippen molar-refractivity contribution in [2.75, 3.05) is 19.6 Å². The molecule has 2 rings (SSSR count). The van der Waals surface area contributed by atoms with Gasteiger partial charge in [-0.3, -0.25) is 4.90 Å². The molecule has 0 bridgehead atoms. The van der Waals surface area contributed by atoms with Crippen molar-refractivity contribution in [1.82, 2.24) is 10.2 Å². The summed E-state index contributed by atoms with van der Waals surface area (Å²) in [5, 5.41) is 3.46. The monoisotopic (exact) mass is 352 g/mol. The van der Waals surface area contributed by atoms with Gasteiger partial charge in [-0.15, -0.1) is 0 Å². The van der Waals surface area contributed by atoms with E-state index in [4.69, 9.17) is 0 Å². The zero-order valence-electron chi connectivity index (χ0n) is 13.5. The van der Waals surface area contributed by atoms with Crippen LogP contribution in [0.3, 0.4) is 0 Å². The average molecular weight is 353 g/mol. The Morgan fingerprint density at radius 2 is 2.19 bits per heavy atom. The molecule has 0 aromatic heterocycles. The van der Waals surface area contributed by atoms with Gasteiger partial charge in [0.1, 0.15) is 0 Å². The molecule has 1 atom stereocenters. The van der Waals surface area contributed by atoms with Crippen LogP contribution >= 0.6 is 15.9 Å². The molecule has 1 unspecified atom stereocenters. The fourth-order valence-electron chi connectivity index (χ4n) is 3.11. The molecule has 2 nitrogen and oxygen atoms in total. The van der Waals surface area contributed by atoms with Crippen molar-refractivity contribution in [3.05, 3.63) is 33.8 Å². The molecular weight excluding hydrogens is 324 g/mol. The molecule has 1 heterocycles. The lowest BCUT2D eigenvalue weighted by atomic mass is 9.95. The summed E-state index contributed by atoms with van der Waals surface area (Å²) >= 11 is 3.76. The van der Waals surface area contributed by atoms with Crippen LogP contribution in [0.2, 0.25) is 0 Å². The molecule has 1 aromatic carbocycles. The SMILES string of the molecule is CCCNCc1ccc(CN2CCCC(CC)C2)c(Br)c1. The number of nitrogens with zero attached hydrogens (tertiary/aromatic N) is 1. The molecule has 0 spiro atoms. The first-order chi connectivity index (χ1) is 10.2. The summed E-state index contributed by atoms with van der Waals surface area (Å²) in [7, 11) is 0. The van der Waals surface area contributed by atoms with E-state index in [1.165, 1.54) is 54.4 Å². The van der Waals surface area contributed by atoms with Gasteiger partial charge in [-0.25, -0.2) is 0 Å². The standard InChI is InChI=1S/C18H29BrN2/c1-3-9-20-12-16-7-8-17(18(19)11-16)14-21-10-5-6-15(4-2)13-21/h7-8,11,15,20H,3-6,9-10,12-14H2,1-2H3. The Labute approximate surface area is 138 Å². The molecule has 1 N–H and O–H groups in total. The molecule has 118 valence electrons. The van der Waals surface area contributed by atoms with Gasteiger partial charge >= 0.3 is 0 Å². The van der Waals surface area contributed by atoms with Gasteiger partial charge in [-0.1, -0.05) is 48.3 Å². The van der Waals surface area contributed by atoms with Crippen LogP contribution in [0.15, 0.2) is 22.7 Å². The highest BCUT2D eigenvalue weighted by molar-refractivity contribution is 9.10. The van der Waals surface area contributed by atoms with Crippen molar-refractivity contribution in [3.8, 4) is 0 Å². The first-order valence-corrected chi connectivity index (χ1v) is 9.22. The molecule has 0 saturated carbocycles. The van der Waals surface area contributed by atoms with Gasteiger partial charge in [0.2, 0.25) is 0 Å². The normalized spacial score (nSPS) is 19.9. The predicted octanol–water partition coefficient (Wildman–Crippen LogP) is 4.57. The number of rotatable bonds is 7. The van der Waals surface area contributed by atoms with Crippen molar-refractivity contribution >= 4 is 15.9 Å². The van der Waals surface area contributed by atoms with E-state index in [-0.39, 0.29) is 0 Å². The third-order valence-electron chi connectivity index (χ3n) is 4.45. The van der Waals surface area contributed by atoms with Crippen LogP contribution in [0.5, 0.6) is 0 Å². The van der Waals surface area contributed by atoms with Crippen LogP contribution < -0.4 is 5.32 Å². The van der Waals surface area contributed by atoms with Crippen molar-refractivity contribution < 1.29 is 0 Å². The van der Waals surface area contributed by atoms with Crippen LogP contribution in [0.25, 0.3) is 0 Å². The first kappa shape index (κ1) is 17.0. The smallest absolute Gasteiger partial charge is 0.0245 e.